The Bertz CT molecular complexity index is 676. The molecule has 0 saturated carbocycles. The highest BCUT2D eigenvalue weighted by molar-refractivity contribution is 5.62. The van der Waals surface area contributed by atoms with Gasteiger partial charge in [-0.25, -0.2) is 4.98 Å². The maximum Gasteiger partial charge on any atom is 0.276 e. The van der Waals surface area contributed by atoms with Gasteiger partial charge < -0.3 is 10.6 Å². The average Bonchev–Trinajstić information content (AvgIpc) is 2.47. The third kappa shape index (κ3) is 3.00. The topological polar surface area (TPSA) is 104 Å². The van der Waals surface area contributed by atoms with Gasteiger partial charge in [0.1, 0.15) is 11.6 Å². The Morgan fingerprint density at radius 1 is 1.25 bits per heavy atom. The first-order valence-electron chi connectivity index (χ1n) is 5.74. The number of nitro groups is 1. The van der Waals surface area contributed by atoms with Crippen molar-refractivity contribution in [1.29, 1.82) is 5.26 Å². The molecule has 1 heterocycles. The number of anilines is 3. The Kier molecular flexibility index (Phi) is 3.77. The molecule has 0 aliphatic carbocycles. The van der Waals surface area contributed by atoms with Crippen LogP contribution in [0.15, 0.2) is 36.4 Å². The molecule has 20 heavy (non-hydrogen) atoms. The molecule has 0 fully saturated rings. The molecule has 2 rings (SSSR count). The van der Waals surface area contributed by atoms with Crippen LogP contribution in [0.4, 0.5) is 23.0 Å². The normalized spacial score (nSPS) is 9.60. The average molecular weight is 269 g/mol. The summed E-state index contributed by atoms with van der Waals surface area (Å²) in [5.74, 6) is 0.753. The van der Waals surface area contributed by atoms with Crippen LogP contribution in [0.5, 0.6) is 0 Å². The second-order valence-corrected chi connectivity index (χ2v) is 3.92. The van der Waals surface area contributed by atoms with Crippen molar-refractivity contribution in [3.05, 3.63) is 52.1 Å². The molecule has 100 valence electrons. The zero-order valence-electron chi connectivity index (χ0n) is 10.6. The second kappa shape index (κ2) is 5.67. The summed E-state index contributed by atoms with van der Waals surface area (Å²) in [4.78, 5) is 14.5. The van der Waals surface area contributed by atoms with Crippen molar-refractivity contribution in [3.8, 4) is 6.07 Å². The maximum absolute atomic E-state index is 10.8. The quantitative estimate of drug-likeness (QED) is 0.653. The first kappa shape index (κ1) is 13.3. The molecule has 0 unspecified atom stereocenters. The van der Waals surface area contributed by atoms with Crippen molar-refractivity contribution >= 4 is 23.0 Å². The van der Waals surface area contributed by atoms with Crippen LogP contribution in [0.2, 0.25) is 0 Å². The van der Waals surface area contributed by atoms with E-state index in [9.17, 15) is 10.1 Å². The van der Waals surface area contributed by atoms with E-state index in [4.69, 9.17) is 5.26 Å². The summed E-state index contributed by atoms with van der Waals surface area (Å²) in [7, 11) is 1.64. The molecule has 0 aliphatic heterocycles. The van der Waals surface area contributed by atoms with E-state index in [1.807, 2.05) is 6.07 Å². The van der Waals surface area contributed by atoms with Crippen molar-refractivity contribution < 1.29 is 4.92 Å². The lowest BCUT2D eigenvalue weighted by Crippen LogP contribution is -2.00. The summed E-state index contributed by atoms with van der Waals surface area (Å²) in [6, 6.07) is 11.4. The Balaban J connectivity index is 2.30. The number of hydrogen-bond acceptors (Lipinski definition) is 6. The van der Waals surface area contributed by atoms with Gasteiger partial charge in [0.15, 0.2) is 0 Å². The highest BCUT2D eigenvalue weighted by atomic mass is 16.6. The Labute approximate surface area is 115 Å². The van der Waals surface area contributed by atoms with Gasteiger partial charge in [-0.3, -0.25) is 10.1 Å². The number of aromatic nitrogens is 1. The van der Waals surface area contributed by atoms with Gasteiger partial charge in [0, 0.05) is 12.7 Å². The Hall–Kier alpha value is -3.14. The van der Waals surface area contributed by atoms with E-state index < -0.39 is 4.92 Å². The minimum Gasteiger partial charge on any atom is -0.373 e. The fourth-order valence-electron chi connectivity index (χ4n) is 1.59. The van der Waals surface area contributed by atoms with Crippen molar-refractivity contribution in [2.45, 2.75) is 0 Å². The van der Waals surface area contributed by atoms with Crippen molar-refractivity contribution in [1.82, 2.24) is 4.98 Å². The Morgan fingerprint density at radius 2 is 1.90 bits per heavy atom. The van der Waals surface area contributed by atoms with E-state index in [0.29, 0.717) is 22.9 Å². The van der Waals surface area contributed by atoms with Gasteiger partial charge in [0.05, 0.1) is 28.7 Å². The standard InChI is InChI=1S/C13H11N5O2/c1-15-12-6-11(18(19)20)7-13(17-12)16-10-4-2-9(8-14)3-5-10/h2-7H,1H3,(H2,15,16,17). The molecule has 2 aromatic rings. The summed E-state index contributed by atoms with van der Waals surface area (Å²) >= 11 is 0. The SMILES string of the molecule is CNc1cc([N+](=O)[O-])cc(Nc2ccc(C#N)cc2)n1. The summed E-state index contributed by atoms with van der Waals surface area (Å²) < 4.78 is 0. The van der Waals surface area contributed by atoms with E-state index >= 15 is 0 Å². The minimum absolute atomic E-state index is 0.0551. The molecule has 0 aliphatic rings. The molecule has 7 nitrogen and oxygen atoms in total. The second-order valence-electron chi connectivity index (χ2n) is 3.92. The predicted octanol–water partition coefficient (Wildman–Crippen LogP) is 2.65. The van der Waals surface area contributed by atoms with Gasteiger partial charge in [-0.2, -0.15) is 5.26 Å². The van der Waals surface area contributed by atoms with Crippen LogP contribution in [0, 0.1) is 21.4 Å². The molecule has 7 heteroatoms. The third-order valence-corrected chi connectivity index (χ3v) is 2.56. The molecule has 0 amide bonds. The summed E-state index contributed by atoms with van der Waals surface area (Å²) in [6.45, 7) is 0. The molecule has 0 radical (unpaired) electrons. The Morgan fingerprint density at radius 3 is 2.45 bits per heavy atom. The first-order chi connectivity index (χ1) is 9.62. The smallest absolute Gasteiger partial charge is 0.276 e. The predicted molar refractivity (Wildman–Crippen MR) is 74.9 cm³/mol. The van der Waals surface area contributed by atoms with Gasteiger partial charge in [-0.05, 0) is 24.3 Å². The summed E-state index contributed by atoms with van der Waals surface area (Å²) in [6.07, 6.45) is 0. The van der Waals surface area contributed by atoms with E-state index in [2.05, 4.69) is 15.6 Å². The zero-order valence-corrected chi connectivity index (χ0v) is 10.6. The van der Waals surface area contributed by atoms with E-state index in [-0.39, 0.29) is 5.69 Å². The zero-order chi connectivity index (χ0) is 14.5. The molecular weight excluding hydrogens is 258 g/mol. The molecule has 2 N–H and O–H groups in total. The van der Waals surface area contributed by atoms with Gasteiger partial charge >= 0.3 is 0 Å². The lowest BCUT2D eigenvalue weighted by Gasteiger charge is -2.07. The number of nitrogens with one attached hydrogen (secondary N) is 2. The van der Waals surface area contributed by atoms with Crippen molar-refractivity contribution in [3.63, 3.8) is 0 Å². The van der Waals surface area contributed by atoms with Gasteiger partial charge in [0.25, 0.3) is 5.69 Å². The van der Waals surface area contributed by atoms with Crippen LogP contribution in [-0.4, -0.2) is 17.0 Å². The highest BCUT2D eigenvalue weighted by Gasteiger charge is 2.10. The van der Waals surface area contributed by atoms with Crippen LogP contribution in [-0.2, 0) is 0 Å². The lowest BCUT2D eigenvalue weighted by atomic mass is 10.2. The first-order valence-corrected chi connectivity index (χ1v) is 5.74. The van der Waals surface area contributed by atoms with E-state index in [0.717, 1.165) is 0 Å². The number of rotatable bonds is 4. The van der Waals surface area contributed by atoms with Gasteiger partial charge in [-0.15, -0.1) is 0 Å². The van der Waals surface area contributed by atoms with Crippen LogP contribution < -0.4 is 10.6 Å². The lowest BCUT2D eigenvalue weighted by molar-refractivity contribution is -0.384. The molecule has 1 aromatic heterocycles. The fraction of sp³-hybridized carbons (Fsp3) is 0.0769. The van der Waals surface area contributed by atoms with Crippen LogP contribution in [0.1, 0.15) is 5.56 Å². The summed E-state index contributed by atoms with van der Waals surface area (Å²) in [5.41, 5.74) is 1.18. The fourth-order valence-corrected chi connectivity index (χ4v) is 1.59. The van der Waals surface area contributed by atoms with Crippen molar-refractivity contribution in [2.75, 3.05) is 17.7 Å². The number of nitrogens with zero attached hydrogens (tertiary/aromatic N) is 3. The highest BCUT2D eigenvalue weighted by Crippen LogP contribution is 2.23. The minimum atomic E-state index is -0.480. The number of nitriles is 1. The van der Waals surface area contributed by atoms with E-state index in [1.54, 1.807) is 31.3 Å². The molecular formula is C13H11N5O2. The summed E-state index contributed by atoms with van der Waals surface area (Å²) in [5, 5.41) is 25.3. The number of hydrogen-bond donors (Lipinski definition) is 2. The van der Waals surface area contributed by atoms with E-state index in [1.165, 1.54) is 12.1 Å². The third-order valence-electron chi connectivity index (χ3n) is 2.56. The monoisotopic (exact) mass is 269 g/mol. The van der Waals surface area contributed by atoms with Crippen LogP contribution >= 0.6 is 0 Å². The van der Waals surface area contributed by atoms with Crippen molar-refractivity contribution in [2.24, 2.45) is 0 Å². The number of pyridine rings is 1. The van der Waals surface area contributed by atoms with Gasteiger partial charge in [0.2, 0.25) is 0 Å². The van der Waals surface area contributed by atoms with Gasteiger partial charge in [-0.1, -0.05) is 0 Å². The largest absolute Gasteiger partial charge is 0.373 e. The maximum atomic E-state index is 10.8. The van der Waals surface area contributed by atoms with Crippen LogP contribution in [0.3, 0.4) is 0 Å². The van der Waals surface area contributed by atoms with Crippen LogP contribution in [0.25, 0.3) is 0 Å². The molecule has 0 bridgehead atoms. The number of benzene rings is 1. The molecule has 1 aromatic carbocycles. The molecule has 0 saturated heterocycles. The molecule has 0 atom stereocenters. The molecule has 0 spiro atoms.